The molecule has 0 aliphatic carbocycles. The fourth-order valence-corrected chi connectivity index (χ4v) is 3.87. The number of carbonyl (C=O) groups excluding carboxylic acids is 2. The number of hydrazine groups is 1. The van der Waals surface area contributed by atoms with Crippen LogP contribution in [0.3, 0.4) is 0 Å². The van der Waals surface area contributed by atoms with Crippen molar-refractivity contribution in [3.8, 4) is 5.82 Å². The Bertz CT molecular complexity index is 1100. The molecule has 0 atom stereocenters. The van der Waals surface area contributed by atoms with Crippen molar-refractivity contribution in [1.29, 1.82) is 0 Å². The van der Waals surface area contributed by atoms with E-state index in [1.54, 1.807) is 41.1 Å². The standard InChI is InChI=1S/C18H15Cl2IN6O2/c19-10-6-9(8-22)15(11(7-10)17(28)26-23)25-18(29)13-3-4-14(21)27(13)16-12(20)2-1-5-24-16/h1-7H,8,22-23H2,(H,25,29)(H,26,28). The molecular weight excluding hydrogens is 530 g/mol. The van der Waals surface area contributed by atoms with Crippen molar-refractivity contribution in [2.75, 3.05) is 5.32 Å². The molecule has 0 unspecified atom stereocenters. The molecule has 0 saturated carbocycles. The Kier molecular flexibility index (Phi) is 6.75. The lowest BCUT2D eigenvalue weighted by molar-refractivity contribution is 0.0954. The minimum Gasteiger partial charge on any atom is -0.326 e. The fraction of sp³-hybridized carbons (Fsp3) is 0.0556. The summed E-state index contributed by atoms with van der Waals surface area (Å²) in [5.41, 5.74) is 8.89. The van der Waals surface area contributed by atoms with Crippen molar-refractivity contribution in [1.82, 2.24) is 15.0 Å². The molecule has 3 rings (SSSR count). The normalized spacial score (nSPS) is 10.7. The van der Waals surface area contributed by atoms with Gasteiger partial charge >= 0.3 is 0 Å². The smallest absolute Gasteiger partial charge is 0.272 e. The summed E-state index contributed by atoms with van der Waals surface area (Å²) in [4.78, 5) is 29.6. The number of nitrogen functional groups attached to an aromatic ring is 1. The quantitative estimate of drug-likeness (QED) is 0.170. The second kappa shape index (κ2) is 9.09. The fourth-order valence-electron chi connectivity index (χ4n) is 2.75. The Morgan fingerprint density at radius 1 is 1.17 bits per heavy atom. The van der Waals surface area contributed by atoms with Crippen LogP contribution < -0.4 is 22.3 Å². The van der Waals surface area contributed by atoms with Gasteiger partial charge in [-0.25, -0.2) is 10.8 Å². The molecule has 0 aliphatic rings. The van der Waals surface area contributed by atoms with Crippen molar-refractivity contribution >= 4 is 63.3 Å². The van der Waals surface area contributed by atoms with E-state index in [4.69, 9.17) is 34.8 Å². The number of amides is 2. The summed E-state index contributed by atoms with van der Waals surface area (Å²) < 4.78 is 2.34. The number of nitrogens with one attached hydrogen (secondary N) is 2. The number of halogens is 3. The van der Waals surface area contributed by atoms with Crippen LogP contribution in [-0.2, 0) is 6.54 Å². The lowest BCUT2D eigenvalue weighted by Gasteiger charge is -2.16. The number of nitrogens with zero attached hydrogens (tertiary/aromatic N) is 2. The molecular formula is C18H15Cl2IN6O2. The molecule has 29 heavy (non-hydrogen) atoms. The van der Waals surface area contributed by atoms with Crippen LogP contribution in [0, 0.1) is 3.70 Å². The van der Waals surface area contributed by atoms with Crippen LogP contribution in [0.2, 0.25) is 10.0 Å². The molecule has 3 aromatic rings. The van der Waals surface area contributed by atoms with Crippen LogP contribution >= 0.6 is 45.8 Å². The Morgan fingerprint density at radius 2 is 1.93 bits per heavy atom. The van der Waals surface area contributed by atoms with Crippen LogP contribution in [0.4, 0.5) is 5.69 Å². The molecule has 0 fully saturated rings. The highest BCUT2D eigenvalue weighted by Crippen LogP contribution is 2.28. The summed E-state index contributed by atoms with van der Waals surface area (Å²) in [6.07, 6.45) is 1.58. The van der Waals surface area contributed by atoms with E-state index in [1.807, 2.05) is 5.43 Å². The number of benzene rings is 1. The molecule has 8 nitrogen and oxygen atoms in total. The van der Waals surface area contributed by atoms with E-state index in [9.17, 15) is 9.59 Å². The van der Waals surface area contributed by atoms with Gasteiger partial charge < -0.3 is 11.1 Å². The first-order valence-electron chi connectivity index (χ1n) is 8.20. The summed E-state index contributed by atoms with van der Waals surface area (Å²) >= 11 is 14.4. The number of nitrogens with two attached hydrogens (primary N) is 2. The van der Waals surface area contributed by atoms with Gasteiger partial charge in [0.2, 0.25) is 0 Å². The number of carbonyl (C=O) groups is 2. The first kappa shape index (κ1) is 21.5. The monoisotopic (exact) mass is 544 g/mol. The molecule has 2 amide bonds. The maximum atomic E-state index is 13.1. The molecule has 150 valence electrons. The van der Waals surface area contributed by atoms with E-state index in [0.717, 1.165) is 3.70 Å². The average Bonchev–Trinajstić information content (AvgIpc) is 3.09. The third kappa shape index (κ3) is 4.38. The van der Waals surface area contributed by atoms with Gasteiger partial charge in [-0.2, -0.15) is 0 Å². The third-order valence-electron chi connectivity index (χ3n) is 4.04. The maximum Gasteiger partial charge on any atom is 0.272 e. The Morgan fingerprint density at radius 3 is 2.59 bits per heavy atom. The Balaban J connectivity index is 2.08. The van der Waals surface area contributed by atoms with Gasteiger partial charge in [-0.3, -0.25) is 19.6 Å². The molecule has 6 N–H and O–H groups in total. The summed E-state index contributed by atoms with van der Waals surface area (Å²) in [5, 5.41) is 3.42. The summed E-state index contributed by atoms with van der Waals surface area (Å²) in [6.45, 7) is 0.0473. The van der Waals surface area contributed by atoms with Crippen LogP contribution in [0.5, 0.6) is 0 Å². The van der Waals surface area contributed by atoms with Gasteiger partial charge in [-0.15, -0.1) is 0 Å². The Hall–Kier alpha value is -2.18. The van der Waals surface area contributed by atoms with Gasteiger partial charge in [0.05, 0.1) is 20.0 Å². The number of aromatic nitrogens is 2. The zero-order valence-corrected chi connectivity index (χ0v) is 18.4. The van der Waals surface area contributed by atoms with Gasteiger partial charge in [0.15, 0.2) is 5.82 Å². The molecule has 0 saturated heterocycles. The van der Waals surface area contributed by atoms with Crippen molar-refractivity contribution in [2.24, 2.45) is 11.6 Å². The highest BCUT2D eigenvalue weighted by atomic mass is 127. The minimum absolute atomic E-state index is 0.0473. The van der Waals surface area contributed by atoms with Gasteiger partial charge in [-0.1, -0.05) is 23.2 Å². The van der Waals surface area contributed by atoms with Crippen LogP contribution in [0.25, 0.3) is 5.82 Å². The average molecular weight is 545 g/mol. The minimum atomic E-state index is -0.616. The highest BCUT2D eigenvalue weighted by Gasteiger charge is 2.22. The van der Waals surface area contributed by atoms with Crippen LogP contribution in [-0.4, -0.2) is 21.4 Å². The molecule has 11 heteroatoms. The topological polar surface area (TPSA) is 128 Å². The Labute approximate surface area is 189 Å². The predicted octanol–water partition coefficient (Wildman–Crippen LogP) is 3.10. The van der Waals surface area contributed by atoms with E-state index in [0.29, 0.717) is 21.4 Å². The van der Waals surface area contributed by atoms with Crippen LogP contribution in [0.15, 0.2) is 42.6 Å². The molecule has 0 bridgehead atoms. The number of hydrogen-bond acceptors (Lipinski definition) is 5. The predicted molar refractivity (Wildman–Crippen MR) is 120 cm³/mol. The van der Waals surface area contributed by atoms with Gasteiger partial charge in [0.25, 0.3) is 11.8 Å². The summed E-state index contributed by atoms with van der Waals surface area (Å²) in [6, 6.07) is 9.72. The van der Waals surface area contributed by atoms with Crippen molar-refractivity contribution in [3.05, 3.63) is 73.2 Å². The summed E-state index contributed by atoms with van der Waals surface area (Å²) in [5.74, 6) is 4.56. The van der Waals surface area contributed by atoms with E-state index >= 15 is 0 Å². The maximum absolute atomic E-state index is 13.1. The molecule has 2 aromatic heterocycles. The van der Waals surface area contributed by atoms with Crippen LogP contribution in [0.1, 0.15) is 26.4 Å². The molecule has 0 aliphatic heterocycles. The van der Waals surface area contributed by atoms with E-state index in [2.05, 4.69) is 32.9 Å². The first-order chi connectivity index (χ1) is 13.9. The lowest BCUT2D eigenvalue weighted by atomic mass is 10.1. The van der Waals surface area contributed by atoms with E-state index < -0.39 is 11.8 Å². The SMILES string of the molecule is NCc1cc(Cl)cc(C(=O)NN)c1NC(=O)c1ccc(I)n1-c1ncccc1Cl. The number of anilines is 1. The van der Waals surface area contributed by atoms with Crippen molar-refractivity contribution in [3.63, 3.8) is 0 Å². The lowest BCUT2D eigenvalue weighted by Crippen LogP contribution is -2.31. The van der Waals surface area contributed by atoms with Gasteiger partial charge in [-0.05, 0) is 64.6 Å². The number of rotatable bonds is 5. The first-order valence-corrected chi connectivity index (χ1v) is 10.0. The highest BCUT2D eigenvalue weighted by molar-refractivity contribution is 14.1. The largest absolute Gasteiger partial charge is 0.326 e. The van der Waals surface area contributed by atoms with Crippen molar-refractivity contribution < 1.29 is 9.59 Å². The number of hydrogen-bond donors (Lipinski definition) is 4. The molecule has 0 radical (unpaired) electrons. The number of pyridine rings is 1. The van der Waals surface area contributed by atoms with E-state index in [1.165, 1.54) is 6.07 Å². The third-order valence-corrected chi connectivity index (χ3v) is 5.39. The molecule has 2 heterocycles. The van der Waals surface area contributed by atoms with Gasteiger partial charge in [0, 0.05) is 17.8 Å². The van der Waals surface area contributed by atoms with Crippen molar-refractivity contribution in [2.45, 2.75) is 6.54 Å². The molecule has 1 aromatic carbocycles. The van der Waals surface area contributed by atoms with E-state index in [-0.39, 0.29) is 23.5 Å². The second-order valence-corrected chi connectivity index (χ2v) is 7.75. The summed E-state index contributed by atoms with van der Waals surface area (Å²) in [7, 11) is 0. The molecule has 0 spiro atoms. The zero-order valence-electron chi connectivity index (χ0n) is 14.7. The zero-order chi connectivity index (χ0) is 21.1. The second-order valence-electron chi connectivity index (χ2n) is 5.80. The van der Waals surface area contributed by atoms with Gasteiger partial charge in [0.1, 0.15) is 5.69 Å².